The first-order chi connectivity index (χ1) is 8.06. The van der Waals surface area contributed by atoms with Gasteiger partial charge in [0.2, 0.25) is 0 Å². The van der Waals surface area contributed by atoms with Gasteiger partial charge in [0.05, 0.1) is 13.2 Å². The summed E-state index contributed by atoms with van der Waals surface area (Å²) in [7, 11) is 0. The van der Waals surface area contributed by atoms with Crippen molar-refractivity contribution in [3.05, 3.63) is 0 Å². The largest absolute Gasteiger partial charge is 0.481 e. The molecule has 0 fully saturated rings. The van der Waals surface area contributed by atoms with Crippen LogP contribution in [-0.2, 0) is 14.3 Å². The van der Waals surface area contributed by atoms with Crippen LogP contribution in [0.5, 0.6) is 0 Å². The molecule has 0 aliphatic rings. The van der Waals surface area contributed by atoms with Crippen molar-refractivity contribution in [3.8, 4) is 0 Å². The van der Waals surface area contributed by atoms with Crippen molar-refractivity contribution < 1.29 is 24.2 Å². The monoisotopic (exact) mass is 245 g/mol. The Morgan fingerprint density at radius 1 is 1.18 bits per heavy atom. The molecule has 0 rings (SSSR count). The summed E-state index contributed by atoms with van der Waals surface area (Å²) < 4.78 is 4.78. The molecular formula is C11H19NO5. The van der Waals surface area contributed by atoms with E-state index in [1.165, 1.54) is 0 Å². The number of carboxylic acids is 1. The third kappa shape index (κ3) is 10.7. The van der Waals surface area contributed by atoms with E-state index in [9.17, 15) is 14.4 Å². The Morgan fingerprint density at radius 3 is 2.47 bits per heavy atom. The smallest absolute Gasteiger partial charge is 0.407 e. The number of hydrogen-bond donors (Lipinski definition) is 2. The van der Waals surface area contributed by atoms with Crippen LogP contribution in [-0.4, -0.2) is 36.1 Å². The van der Waals surface area contributed by atoms with Crippen LogP contribution in [0.3, 0.4) is 0 Å². The van der Waals surface area contributed by atoms with E-state index in [2.05, 4.69) is 5.32 Å². The van der Waals surface area contributed by atoms with Gasteiger partial charge in [0, 0.05) is 12.8 Å². The first kappa shape index (κ1) is 15.4. The summed E-state index contributed by atoms with van der Waals surface area (Å²) >= 11 is 0. The van der Waals surface area contributed by atoms with Gasteiger partial charge in [-0.1, -0.05) is 13.3 Å². The normalized spacial score (nSPS) is 9.71. The Hall–Kier alpha value is -1.59. The van der Waals surface area contributed by atoms with Gasteiger partial charge in [-0.3, -0.25) is 9.59 Å². The lowest BCUT2D eigenvalue weighted by atomic mass is 10.2. The van der Waals surface area contributed by atoms with Crippen LogP contribution in [0.2, 0.25) is 0 Å². The van der Waals surface area contributed by atoms with Gasteiger partial charge in [0.1, 0.15) is 0 Å². The molecule has 0 saturated heterocycles. The van der Waals surface area contributed by atoms with Crippen LogP contribution in [0.1, 0.15) is 39.0 Å². The molecule has 6 heteroatoms. The van der Waals surface area contributed by atoms with E-state index in [4.69, 9.17) is 9.84 Å². The number of rotatable bonds is 9. The standard InChI is InChI=1S/C11H19NO5/c1-2-3-7-17-11(16)12-8-9(13)5-4-6-10(14)15/h2-8H2,1H3,(H,12,16)(H,14,15). The van der Waals surface area contributed by atoms with Gasteiger partial charge in [-0.15, -0.1) is 0 Å². The van der Waals surface area contributed by atoms with Crippen molar-refractivity contribution in [2.45, 2.75) is 39.0 Å². The molecule has 0 atom stereocenters. The summed E-state index contributed by atoms with van der Waals surface area (Å²) in [5.41, 5.74) is 0. The molecule has 0 unspecified atom stereocenters. The number of ketones is 1. The number of nitrogens with one attached hydrogen (secondary N) is 1. The van der Waals surface area contributed by atoms with Gasteiger partial charge >= 0.3 is 12.1 Å². The summed E-state index contributed by atoms with van der Waals surface area (Å²) in [6.45, 7) is 2.22. The first-order valence-electron chi connectivity index (χ1n) is 5.70. The maximum absolute atomic E-state index is 11.2. The fraction of sp³-hybridized carbons (Fsp3) is 0.727. The lowest BCUT2D eigenvalue weighted by Crippen LogP contribution is -2.30. The molecule has 0 aromatic carbocycles. The van der Waals surface area contributed by atoms with Gasteiger partial charge in [-0.05, 0) is 12.8 Å². The molecule has 1 amide bonds. The average Bonchev–Trinajstić information content (AvgIpc) is 2.26. The average molecular weight is 245 g/mol. The Kier molecular flexibility index (Phi) is 8.72. The van der Waals surface area contributed by atoms with Crippen molar-refractivity contribution >= 4 is 17.8 Å². The molecule has 0 spiro atoms. The number of hydrogen-bond acceptors (Lipinski definition) is 4. The zero-order chi connectivity index (χ0) is 13.1. The molecule has 98 valence electrons. The van der Waals surface area contributed by atoms with Crippen molar-refractivity contribution in [2.24, 2.45) is 0 Å². The third-order valence-electron chi connectivity index (χ3n) is 2.01. The molecule has 0 aromatic heterocycles. The zero-order valence-electron chi connectivity index (χ0n) is 10.0. The van der Waals surface area contributed by atoms with E-state index in [1.807, 2.05) is 6.92 Å². The number of aliphatic carboxylic acids is 1. The first-order valence-corrected chi connectivity index (χ1v) is 5.70. The molecule has 0 heterocycles. The number of carbonyl (C=O) groups excluding carboxylic acids is 2. The molecule has 0 aliphatic carbocycles. The lowest BCUT2D eigenvalue weighted by molar-refractivity contribution is -0.137. The van der Waals surface area contributed by atoms with Crippen LogP contribution in [0.4, 0.5) is 4.79 Å². The fourth-order valence-corrected chi connectivity index (χ4v) is 1.06. The predicted molar refractivity (Wildman–Crippen MR) is 60.8 cm³/mol. The molecular weight excluding hydrogens is 226 g/mol. The van der Waals surface area contributed by atoms with E-state index in [1.54, 1.807) is 0 Å². The highest BCUT2D eigenvalue weighted by molar-refractivity contribution is 5.84. The summed E-state index contributed by atoms with van der Waals surface area (Å²) in [6.07, 6.45) is 1.53. The minimum atomic E-state index is -0.926. The number of alkyl carbamates (subject to hydrolysis) is 1. The molecule has 0 aromatic rings. The summed E-state index contributed by atoms with van der Waals surface area (Å²) in [5, 5.41) is 10.7. The van der Waals surface area contributed by atoms with E-state index in [0.29, 0.717) is 13.0 Å². The lowest BCUT2D eigenvalue weighted by Gasteiger charge is -2.05. The van der Waals surface area contributed by atoms with Crippen molar-refractivity contribution in [1.29, 1.82) is 0 Å². The fourth-order valence-electron chi connectivity index (χ4n) is 1.06. The quantitative estimate of drug-likeness (QED) is 0.598. The third-order valence-corrected chi connectivity index (χ3v) is 2.01. The Morgan fingerprint density at radius 2 is 1.88 bits per heavy atom. The van der Waals surface area contributed by atoms with Crippen molar-refractivity contribution in [3.63, 3.8) is 0 Å². The van der Waals surface area contributed by atoms with E-state index in [-0.39, 0.29) is 25.2 Å². The highest BCUT2D eigenvalue weighted by Gasteiger charge is 2.07. The van der Waals surface area contributed by atoms with Crippen LogP contribution >= 0.6 is 0 Å². The highest BCUT2D eigenvalue weighted by atomic mass is 16.5. The van der Waals surface area contributed by atoms with Gasteiger partial charge in [0.15, 0.2) is 5.78 Å². The maximum Gasteiger partial charge on any atom is 0.407 e. The summed E-state index contributed by atoms with van der Waals surface area (Å²) in [5.74, 6) is -1.12. The zero-order valence-corrected chi connectivity index (χ0v) is 10.0. The number of unbranched alkanes of at least 4 members (excludes halogenated alkanes) is 1. The second-order valence-corrected chi connectivity index (χ2v) is 3.63. The molecule has 2 N–H and O–H groups in total. The minimum absolute atomic E-state index is 0.0350. The van der Waals surface area contributed by atoms with E-state index >= 15 is 0 Å². The number of Topliss-reactive ketones (excluding diaryl/α,β-unsaturated/α-hetero) is 1. The van der Waals surface area contributed by atoms with Crippen molar-refractivity contribution in [1.82, 2.24) is 5.32 Å². The number of carboxylic acid groups (broad SMARTS) is 1. The molecule has 17 heavy (non-hydrogen) atoms. The topological polar surface area (TPSA) is 92.7 Å². The summed E-state index contributed by atoms with van der Waals surface area (Å²) in [4.78, 5) is 32.4. The number of ether oxygens (including phenoxy) is 1. The second-order valence-electron chi connectivity index (χ2n) is 3.63. The Labute approximate surface area is 100 Å². The Balaban J connectivity index is 3.48. The second kappa shape index (κ2) is 9.62. The molecule has 0 bridgehead atoms. The molecule has 6 nitrogen and oxygen atoms in total. The number of amides is 1. The minimum Gasteiger partial charge on any atom is -0.481 e. The Bertz CT molecular complexity index is 265. The summed E-state index contributed by atoms with van der Waals surface area (Å²) in [6, 6.07) is 0. The SMILES string of the molecule is CCCCOC(=O)NCC(=O)CCCC(=O)O. The maximum atomic E-state index is 11.2. The van der Waals surface area contributed by atoms with Gasteiger partial charge < -0.3 is 15.2 Å². The molecule has 0 saturated carbocycles. The van der Waals surface area contributed by atoms with Gasteiger partial charge in [-0.25, -0.2) is 4.79 Å². The van der Waals surface area contributed by atoms with Gasteiger partial charge in [0.25, 0.3) is 0 Å². The molecule has 0 aliphatic heterocycles. The van der Waals surface area contributed by atoms with Crippen molar-refractivity contribution in [2.75, 3.05) is 13.2 Å². The predicted octanol–water partition coefficient (Wildman–Crippen LogP) is 1.34. The highest BCUT2D eigenvalue weighted by Crippen LogP contribution is 1.96. The van der Waals surface area contributed by atoms with Crippen LogP contribution < -0.4 is 5.32 Å². The van der Waals surface area contributed by atoms with Crippen LogP contribution in [0.15, 0.2) is 0 Å². The van der Waals surface area contributed by atoms with E-state index < -0.39 is 12.1 Å². The molecule has 0 radical (unpaired) electrons. The van der Waals surface area contributed by atoms with Crippen LogP contribution in [0.25, 0.3) is 0 Å². The number of carbonyl (C=O) groups is 3. The van der Waals surface area contributed by atoms with Gasteiger partial charge in [-0.2, -0.15) is 0 Å². The van der Waals surface area contributed by atoms with Crippen LogP contribution in [0, 0.1) is 0 Å². The van der Waals surface area contributed by atoms with E-state index in [0.717, 1.165) is 12.8 Å².